The molecule has 0 saturated heterocycles. The number of nitrogens with one attached hydrogen (secondary N) is 2. The highest BCUT2D eigenvalue weighted by Gasteiger charge is 2.13. The zero-order valence-electron chi connectivity index (χ0n) is 17.9. The lowest BCUT2D eigenvalue weighted by Gasteiger charge is -2.14. The molecule has 3 aromatic carbocycles. The number of fused-ring (bicyclic) bond motifs is 3. The van der Waals surface area contributed by atoms with Gasteiger partial charge in [0.1, 0.15) is 17.9 Å². The van der Waals surface area contributed by atoms with Gasteiger partial charge in [-0.1, -0.05) is 36.4 Å². The minimum absolute atomic E-state index is 0.0667. The van der Waals surface area contributed by atoms with Crippen molar-refractivity contribution >= 4 is 50.2 Å². The van der Waals surface area contributed by atoms with Gasteiger partial charge in [-0.05, 0) is 45.8 Å². The molecule has 10 heteroatoms. The molecule has 0 unspecified atom stereocenters. The van der Waals surface area contributed by atoms with E-state index in [1.54, 1.807) is 30.5 Å². The van der Waals surface area contributed by atoms with Crippen LogP contribution in [-0.4, -0.2) is 33.5 Å². The molecule has 0 aliphatic rings. The third-order valence-electron chi connectivity index (χ3n) is 5.08. The van der Waals surface area contributed by atoms with E-state index in [0.29, 0.717) is 32.7 Å². The van der Waals surface area contributed by atoms with Crippen LogP contribution in [0.25, 0.3) is 22.1 Å². The molecule has 0 atom stereocenters. The predicted octanol–water partition coefficient (Wildman–Crippen LogP) is 5.44. The van der Waals surface area contributed by atoms with E-state index in [-0.39, 0.29) is 18.4 Å². The molecule has 0 amide bonds. The van der Waals surface area contributed by atoms with Gasteiger partial charge in [-0.25, -0.2) is 9.82 Å². The summed E-state index contributed by atoms with van der Waals surface area (Å²) in [5, 5.41) is 13.5. The molecular weight excluding hydrogens is 503 g/mol. The van der Waals surface area contributed by atoms with E-state index in [2.05, 4.69) is 46.6 Å². The molecule has 0 fully saturated rings. The Morgan fingerprint density at radius 1 is 1.12 bits per heavy atom. The first-order chi connectivity index (χ1) is 16.6. The number of rotatable bonds is 7. The Hall–Kier alpha value is -4.05. The number of hydrazone groups is 1. The molecule has 0 aliphatic carbocycles. The first-order valence-electron chi connectivity index (χ1n) is 10.3. The van der Waals surface area contributed by atoms with Crippen molar-refractivity contribution in [2.45, 2.75) is 6.61 Å². The number of halogens is 2. The Morgan fingerprint density at radius 2 is 1.94 bits per heavy atom. The van der Waals surface area contributed by atoms with Crippen molar-refractivity contribution in [3.8, 4) is 11.5 Å². The molecule has 2 heterocycles. The number of methoxy groups -OCH3 is 1. The molecule has 8 nitrogen and oxygen atoms in total. The predicted molar refractivity (Wildman–Crippen MR) is 132 cm³/mol. The van der Waals surface area contributed by atoms with Crippen molar-refractivity contribution in [3.05, 3.63) is 82.1 Å². The summed E-state index contributed by atoms with van der Waals surface area (Å²) in [5.74, 6) is 0.873. The zero-order valence-corrected chi connectivity index (χ0v) is 19.5. The van der Waals surface area contributed by atoms with E-state index in [0.717, 1.165) is 16.5 Å². The number of benzene rings is 3. The zero-order chi connectivity index (χ0) is 23.5. The smallest absolute Gasteiger partial charge is 0.265 e. The van der Waals surface area contributed by atoms with Gasteiger partial charge in [0.25, 0.3) is 5.95 Å². The highest BCUT2D eigenvalue weighted by Crippen LogP contribution is 2.37. The van der Waals surface area contributed by atoms with Crippen LogP contribution in [0.5, 0.6) is 11.5 Å². The molecule has 2 aromatic heterocycles. The summed E-state index contributed by atoms with van der Waals surface area (Å²) in [5.41, 5.74) is 6.23. The lowest BCUT2D eigenvalue weighted by atomic mass is 10.2. The Morgan fingerprint density at radius 3 is 2.79 bits per heavy atom. The molecule has 34 heavy (non-hydrogen) atoms. The van der Waals surface area contributed by atoms with Crippen molar-refractivity contribution in [3.63, 3.8) is 0 Å². The molecule has 5 aromatic rings. The maximum atomic E-state index is 13.9. The number of ether oxygens (including phenoxy) is 2. The Bertz CT molecular complexity index is 1520. The minimum Gasteiger partial charge on any atom is -0.493 e. The van der Waals surface area contributed by atoms with Gasteiger partial charge >= 0.3 is 0 Å². The number of nitrogens with zero attached hydrogens (tertiary/aromatic N) is 4. The maximum Gasteiger partial charge on any atom is 0.265 e. The minimum atomic E-state index is -0.324. The monoisotopic (exact) mass is 520 g/mol. The molecule has 170 valence electrons. The third-order valence-corrected chi connectivity index (χ3v) is 5.67. The standard InChI is InChI=1S/C24H18BrFN6O2/c1-33-20-11-14(10-17(25)22(20)34-13-15-6-2-4-8-18(15)26)12-27-31-24-29-23-21(30-32-24)16-7-3-5-9-19(16)28-23/h2-12H,13H2,1H3,(H2,28,29,31,32)/b27-12+. The van der Waals surface area contributed by atoms with Crippen molar-refractivity contribution < 1.29 is 13.9 Å². The number of aromatic nitrogens is 4. The summed E-state index contributed by atoms with van der Waals surface area (Å²) in [6, 6.07) is 17.8. The van der Waals surface area contributed by atoms with Crippen LogP contribution in [0, 0.1) is 5.82 Å². The number of para-hydroxylation sites is 1. The van der Waals surface area contributed by atoms with Gasteiger partial charge in [0, 0.05) is 16.5 Å². The van der Waals surface area contributed by atoms with Crippen LogP contribution in [0.4, 0.5) is 10.3 Å². The molecular formula is C24H18BrFN6O2. The average molecular weight is 521 g/mol. The number of anilines is 1. The molecule has 0 aliphatic heterocycles. The van der Waals surface area contributed by atoms with Gasteiger partial charge < -0.3 is 14.5 Å². The molecule has 0 saturated carbocycles. The lowest BCUT2D eigenvalue weighted by molar-refractivity contribution is 0.278. The number of aromatic amines is 1. The quantitative estimate of drug-likeness (QED) is 0.219. The molecule has 5 rings (SSSR count). The van der Waals surface area contributed by atoms with E-state index in [1.165, 1.54) is 13.2 Å². The molecule has 0 radical (unpaired) electrons. The van der Waals surface area contributed by atoms with Crippen LogP contribution in [0.1, 0.15) is 11.1 Å². The molecule has 0 spiro atoms. The SMILES string of the molecule is COc1cc(/C=N/Nc2nnc3c(n2)[nH]c2ccccc23)cc(Br)c1OCc1ccccc1F. The average Bonchev–Trinajstić information content (AvgIpc) is 3.22. The number of hydrogen-bond donors (Lipinski definition) is 2. The maximum absolute atomic E-state index is 13.9. The molecule has 0 bridgehead atoms. The normalized spacial score (nSPS) is 11.4. The first-order valence-corrected chi connectivity index (χ1v) is 11.1. The second-order valence-corrected chi connectivity index (χ2v) is 8.14. The van der Waals surface area contributed by atoms with Crippen LogP contribution >= 0.6 is 15.9 Å². The first kappa shape index (κ1) is 21.8. The van der Waals surface area contributed by atoms with E-state index < -0.39 is 0 Å². The van der Waals surface area contributed by atoms with E-state index in [9.17, 15) is 4.39 Å². The third kappa shape index (κ3) is 4.40. The Kier molecular flexibility index (Phi) is 6.05. The van der Waals surface area contributed by atoms with Crippen LogP contribution in [0.2, 0.25) is 0 Å². The van der Waals surface area contributed by atoms with E-state index in [1.807, 2.05) is 30.3 Å². The summed E-state index contributed by atoms with van der Waals surface area (Å²) in [4.78, 5) is 7.65. The van der Waals surface area contributed by atoms with Gasteiger partial charge in [0.15, 0.2) is 17.1 Å². The topological polar surface area (TPSA) is 97.3 Å². The van der Waals surface area contributed by atoms with E-state index >= 15 is 0 Å². The Balaban J connectivity index is 1.32. The fraction of sp³-hybridized carbons (Fsp3) is 0.0833. The van der Waals surface area contributed by atoms with Gasteiger partial charge in [-0.2, -0.15) is 10.1 Å². The molecule has 2 N–H and O–H groups in total. The van der Waals surface area contributed by atoms with Crippen molar-refractivity contribution in [2.24, 2.45) is 5.10 Å². The highest BCUT2D eigenvalue weighted by molar-refractivity contribution is 9.10. The second-order valence-electron chi connectivity index (χ2n) is 7.29. The van der Waals surface area contributed by atoms with Crippen molar-refractivity contribution in [2.75, 3.05) is 12.5 Å². The van der Waals surface area contributed by atoms with Crippen molar-refractivity contribution in [1.82, 2.24) is 20.2 Å². The van der Waals surface area contributed by atoms with Gasteiger partial charge in [0.2, 0.25) is 0 Å². The summed E-state index contributed by atoms with van der Waals surface area (Å²) >= 11 is 3.49. The van der Waals surface area contributed by atoms with Crippen LogP contribution in [-0.2, 0) is 6.61 Å². The summed E-state index contributed by atoms with van der Waals surface area (Å²) in [6.07, 6.45) is 1.59. The van der Waals surface area contributed by atoms with Gasteiger partial charge in [-0.3, -0.25) is 0 Å². The van der Waals surface area contributed by atoms with Crippen molar-refractivity contribution in [1.29, 1.82) is 0 Å². The highest BCUT2D eigenvalue weighted by atomic mass is 79.9. The van der Waals surface area contributed by atoms with Crippen LogP contribution in [0.3, 0.4) is 0 Å². The lowest BCUT2D eigenvalue weighted by Crippen LogP contribution is -2.02. The van der Waals surface area contributed by atoms with E-state index in [4.69, 9.17) is 9.47 Å². The number of hydrogen-bond acceptors (Lipinski definition) is 7. The summed E-state index contributed by atoms with van der Waals surface area (Å²) in [6.45, 7) is 0.0667. The summed E-state index contributed by atoms with van der Waals surface area (Å²) < 4.78 is 25.8. The Labute approximate surface area is 202 Å². The van der Waals surface area contributed by atoms with Gasteiger partial charge in [0.05, 0.1) is 17.8 Å². The summed E-state index contributed by atoms with van der Waals surface area (Å²) in [7, 11) is 1.53. The van der Waals surface area contributed by atoms with Crippen LogP contribution in [0.15, 0.2) is 70.2 Å². The van der Waals surface area contributed by atoms with Gasteiger partial charge in [-0.15, -0.1) is 10.2 Å². The fourth-order valence-corrected chi connectivity index (χ4v) is 4.03. The number of H-pyrrole nitrogens is 1. The second kappa shape index (κ2) is 9.44. The largest absolute Gasteiger partial charge is 0.493 e. The fourth-order valence-electron chi connectivity index (χ4n) is 3.45. The van der Waals surface area contributed by atoms with Crippen LogP contribution < -0.4 is 14.9 Å².